The lowest BCUT2D eigenvalue weighted by Gasteiger charge is -2.34. The van der Waals surface area contributed by atoms with Gasteiger partial charge in [-0.3, -0.25) is 24.1 Å². The Morgan fingerprint density at radius 1 is 1.00 bits per heavy atom. The standard InChI is InChI=1S/C16H16BrN3O4/c1-10(21)18-4-6-19(7-5-18)14(22)9-20-15(23)12-3-2-11(17)8-13(12)16(20)24/h2-3,8H,4-7,9H2,1H3. The van der Waals surface area contributed by atoms with Crippen LogP contribution in [0.1, 0.15) is 27.6 Å². The predicted molar refractivity (Wildman–Crippen MR) is 88.3 cm³/mol. The van der Waals surface area contributed by atoms with Gasteiger partial charge in [0.15, 0.2) is 0 Å². The highest BCUT2D eigenvalue weighted by atomic mass is 79.9. The Bertz CT molecular complexity index is 741. The average Bonchev–Trinajstić information content (AvgIpc) is 2.79. The van der Waals surface area contributed by atoms with Gasteiger partial charge >= 0.3 is 0 Å². The molecule has 3 rings (SSSR count). The van der Waals surface area contributed by atoms with Crippen molar-refractivity contribution >= 4 is 39.6 Å². The van der Waals surface area contributed by atoms with E-state index >= 15 is 0 Å². The summed E-state index contributed by atoms with van der Waals surface area (Å²) in [5, 5.41) is 0. The molecule has 0 atom stereocenters. The predicted octanol–water partition coefficient (Wildman–Crippen LogP) is 0.736. The van der Waals surface area contributed by atoms with Crippen molar-refractivity contribution in [2.45, 2.75) is 6.92 Å². The number of amides is 4. The maximum atomic E-state index is 12.4. The van der Waals surface area contributed by atoms with Crippen LogP contribution in [0.4, 0.5) is 0 Å². The summed E-state index contributed by atoms with van der Waals surface area (Å²) in [5.41, 5.74) is 0.626. The quantitative estimate of drug-likeness (QED) is 0.694. The topological polar surface area (TPSA) is 78.0 Å². The smallest absolute Gasteiger partial charge is 0.262 e. The van der Waals surface area contributed by atoms with Gasteiger partial charge in [0.2, 0.25) is 11.8 Å². The zero-order chi connectivity index (χ0) is 17.4. The second kappa shape index (κ2) is 6.35. The number of piperazine rings is 1. The van der Waals surface area contributed by atoms with E-state index in [1.807, 2.05) is 0 Å². The SMILES string of the molecule is CC(=O)N1CCN(C(=O)CN2C(=O)c3ccc(Br)cc3C2=O)CC1. The van der Waals surface area contributed by atoms with Crippen molar-refractivity contribution in [1.29, 1.82) is 0 Å². The molecular formula is C16H16BrN3O4. The lowest BCUT2D eigenvalue weighted by molar-refractivity contribution is -0.138. The van der Waals surface area contributed by atoms with Crippen LogP contribution in [0, 0.1) is 0 Å². The maximum absolute atomic E-state index is 12.4. The summed E-state index contributed by atoms with van der Waals surface area (Å²) in [5.74, 6) is -1.20. The Morgan fingerprint density at radius 3 is 2.21 bits per heavy atom. The van der Waals surface area contributed by atoms with Gasteiger partial charge in [0.05, 0.1) is 11.1 Å². The Balaban J connectivity index is 1.67. The number of nitrogens with zero attached hydrogens (tertiary/aromatic N) is 3. The fourth-order valence-corrected chi connectivity index (χ4v) is 3.27. The molecule has 4 amide bonds. The fraction of sp³-hybridized carbons (Fsp3) is 0.375. The third-order valence-electron chi connectivity index (χ3n) is 4.30. The highest BCUT2D eigenvalue weighted by Gasteiger charge is 2.37. The first-order chi connectivity index (χ1) is 11.4. The molecule has 0 aliphatic carbocycles. The zero-order valence-corrected chi connectivity index (χ0v) is 14.7. The number of rotatable bonds is 2. The molecule has 0 spiro atoms. The molecule has 1 fully saturated rings. The van der Waals surface area contributed by atoms with E-state index in [0.29, 0.717) is 41.8 Å². The van der Waals surface area contributed by atoms with E-state index in [4.69, 9.17) is 0 Å². The number of carbonyl (C=O) groups is 4. The molecule has 126 valence electrons. The molecule has 24 heavy (non-hydrogen) atoms. The summed E-state index contributed by atoms with van der Waals surface area (Å²) in [7, 11) is 0. The van der Waals surface area contributed by atoms with Crippen LogP contribution >= 0.6 is 15.9 Å². The van der Waals surface area contributed by atoms with E-state index in [1.54, 1.807) is 28.0 Å². The van der Waals surface area contributed by atoms with Crippen LogP contribution in [0.3, 0.4) is 0 Å². The molecule has 0 saturated carbocycles. The van der Waals surface area contributed by atoms with E-state index < -0.39 is 11.8 Å². The van der Waals surface area contributed by atoms with Crippen molar-refractivity contribution in [3.8, 4) is 0 Å². The van der Waals surface area contributed by atoms with Crippen molar-refractivity contribution in [3.05, 3.63) is 33.8 Å². The van der Waals surface area contributed by atoms with Crippen LogP contribution in [0.2, 0.25) is 0 Å². The zero-order valence-electron chi connectivity index (χ0n) is 13.1. The minimum Gasteiger partial charge on any atom is -0.339 e. The Kier molecular flexibility index (Phi) is 4.40. The van der Waals surface area contributed by atoms with Crippen molar-refractivity contribution in [1.82, 2.24) is 14.7 Å². The molecule has 7 nitrogen and oxygen atoms in total. The molecule has 8 heteroatoms. The van der Waals surface area contributed by atoms with Crippen molar-refractivity contribution < 1.29 is 19.2 Å². The summed E-state index contributed by atoms with van der Waals surface area (Å²) in [6.07, 6.45) is 0. The summed E-state index contributed by atoms with van der Waals surface area (Å²) in [4.78, 5) is 52.7. The minimum absolute atomic E-state index is 0.0203. The lowest BCUT2D eigenvalue weighted by Crippen LogP contribution is -2.52. The van der Waals surface area contributed by atoms with Crippen LogP contribution in [0.5, 0.6) is 0 Å². The van der Waals surface area contributed by atoms with Gasteiger partial charge in [-0.2, -0.15) is 0 Å². The van der Waals surface area contributed by atoms with Gasteiger partial charge in [-0.15, -0.1) is 0 Å². The van der Waals surface area contributed by atoms with Crippen LogP contribution in [-0.4, -0.2) is 71.1 Å². The molecule has 0 unspecified atom stereocenters. The largest absolute Gasteiger partial charge is 0.339 e. The summed E-state index contributed by atoms with van der Waals surface area (Å²) in [6, 6.07) is 4.86. The second-order valence-electron chi connectivity index (χ2n) is 5.77. The van der Waals surface area contributed by atoms with Crippen molar-refractivity contribution in [2.75, 3.05) is 32.7 Å². The molecule has 0 bridgehead atoms. The molecule has 2 aliphatic heterocycles. The van der Waals surface area contributed by atoms with E-state index in [-0.39, 0.29) is 18.4 Å². The highest BCUT2D eigenvalue weighted by Crippen LogP contribution is 2.26. The first-order valence-corrected chi connectivity index (χ1v) is 8.37. The molecule has 2 heterocycles. The fourth-order valence-electron chi connectivity index (χ4n) is 2.91. The summed E-state index contributed by atoms with van der Waals surface area (Å²) >= 11 is 3.27. The molecular weight excluding hydrogens is 378 g/mol. The number of imide groups is 1. The molecule has 2 aliphatic rings. The number of hydrogen-bond donors (Lipinski definition) is 0. The Morgan fingerprint density at radius 2 is 1.58 bits per heavy atom. The average molecular weight is 394 g/mol. The van der Waals surface area contributed by atoms with Crippen LogP contribution in [-0.2, 0) is 9.59 Å². The van der Waals surface area contributed by atoms with Gasteiger partial charge < -0.3 is 9.80 Å². The van der Waals surface area contributed by atoms with Gasteiger partial charge in [-0.25, -0.2) is 0 Å². The molecule has 1 aromatic carbocycles. The number of halogens is 1. The highest BCUT2D eigenvalue weighted by molar-refractivity contribution is 9.10. The number of carbonyl (C=O) groups excluding carboxylic acids is 4. The molecule has 1 aromatic rings. The van der Waals surface area contributed by atoms with Crippen LogP contribution in [0.25, 0.3) is 0 Å². The third-order valence-corrected chi connectivity index (χ3v) is 4.80. The number of benzene rings is 1. The second-order valence-corrected chi connectivity index (χ2v) is 6.69. The maximum Gasteiger partial charge on any atom is 0.262 e. The first kappa shape index (κ1) is 16.6. The Labute approximate surface area is 147 Å². The van der Waals surface area contributed by atoms with Gasteiger partial charge in [-0.05, 0) is 18.2 Å². The lowest BCUT2D eigenvalue weighted by atomic mass is 10.1. The Hall–Kier alpha value is -2.22. The van der Waals surface area contributed by atoms with E-state index in [9.17, 15) is 19.2 Å². The van der Waals surface area contributed by atoms with Gasteiger partial charge in [0.25, 0.3) is 11.8 Å². The van der Waals surface area contributed by atoms with E-state index in [2.05, 4.69) is 15.9 Å². The monoisotopic (exact) mass is 393 g/mol. The van der Waals surface area contributed by atoms with Gasteiger partial charge in [0, 0.05) is 37.6 Å². The summed E-state index contributed by atoms with van der Waals surface area (Å²) < 4.78 is 0.705. The van der Waals surface area contributed by atoms with Gasteiger partial charge in [0.1, 0.15) is 6.54 Å². The third kappa shape index (κ3) is 2.93. The number of fused-ring (bicyclic) bond motifs is 1. The molecule has 0 N–H and O–H groups in total. The van der Waals surface area contributed by atoms with Crippen LogP contribution < -0.4 is 0 Å². The van der Waals surface area contributed by atoms with Gasteiger partial charge in [-0.1, -0.05) is 15.9 Å². The first-order valence-electron chi connectivity index (χ1n) is 7.57. The number of hydrogen-bond acceptors (Lipinski definition) is 4. The van der Waals surface area contributed by atoms with Crippen molar-refractivity contribution in [3.63, 3.8) is 0 Å². The molecule has 1 saturated heterocycles. The van der Waals surface area contributed by atoms with Crippen molar-refractivity contribution in [2.24, 2.45) is 0 Å². The summed E-state index contributed by atoms with van der Waals surface area (Å²) in [6.45, 7) is 2.98. The van der Waals surface area contributed by atoms with E-state index in [1.165, 1.54) is 6.92 Å². The van der Waals surface area contributed by atoms with E-state index in [0.717, 1.165) is 4.90 Å². The molecule has 0 aromatic heterocycles. The minimum atomic E-state index is -0.452. The normalized spacial score (nSPS) is 17.3. The van der Waals surface area contributed by atoms with Crippen LogP contribution in [0.15, 0.2) is 22.7 Å². The molecule has 0 radical (unpaired) electrons.